The second-order valence-corrected chi connectivity index (χ2v) is 8.74. The summed E-state index contributed by atoms with van der Waals surface area (Å²) in [5, 5.41) is 0. The number of benzene rings is 1. The normalized spacial score (nSPS) is 22.6. The molecule has 2 fully saturated rings. The SMILES string of the molecule is NC(=O)C1(N2CCCCC2)CCN(S(=O)(=O)c2ccc(F)cc2)CC1. The second-order valence-electron chi connectivity index (χ2n) is 6.80. The molecule has 1 aromatic rings. The molecule has 8 heteroatoms. The van der Waals surface area contributed by atoms with Gasteiger partial charge < -0.3 is 5.73 Å². The van der Waals surface area contributed by atoms with Crippen molar-refractivity contribution in [1.82, 2.24) is 9.21 Å². The lowest BCUT2D eigenvalue weighted by molar-refractivity contribution is -0.134. The molecule has 3 rings (SSSR count). The highest BCUT2D eigenvalue weighted by Gasteiger charge is 2.46. The Balaban J connectivity index is 1.77. The molecular formula is C17H24FN3O3S. The lowest BCUT2D eigenvalue weighted by Crippen LogP contribution is -2.63. The number of carbonyl (C=O) groups is 1. The monoisotopic (exact) mass is 369 g/mol. The predicted octanol–water partition coefficient (Wildman–Crippen LogP) is 1.32. The quantitative estimate of drug-likeness (QED) is 0.868. The number of carbonyl (C=O) groups excluding carboxylic acids is 1. The number of nitrogens with two attached hydrogens (primary N) is 1. The van der Waals surface area contributed by atoms with E-state index in [9.17, 15) is 17.6 Å². The zero-order valence-corrected chi connectivity index (χ0v) is 15.0. The number of likely N-dealkylation sites (tertiary alicyclic amines) is 1. The molecule has 1 aromatic carbocycles. The van der Waals surface area contributed by atoms with Gasteiger partial charge in [0.2, 0.25) is 15.9 Å². The van der Waals surface area contributed by atoms with Crippen molar-refractivity contribution in [2.75, 3.05) is 26.2 Å². The van der Waals surface area contributed by atoms with Crippen LogP contribution >= 0.6 is 0 Å². The third kappa shape index (κ3) is 3.43. The van der Waals surface area contributed by atoms with E-state index >= 15 is 0 Å². The molecule has 0 unspecified atom stereocenters. The highest BCUT2D eigenvalue weighted by Crippen LogP contribution is 2.33. The van der Waals surface area contributed by atoms with Crippen molar-refractivity contribution in [3.05, 3.63) is 30.1 Å². The molecule has 0 atom stereocenters. The van der Waals surface area contributed by atoms with Crippen LogP contribution in [0.3, 0.4) is 0 Å². The van der Waals surface area contributed by atoms with Gasteiger partial charge in [0.1, 0.15) is 11.4 Å². The van der Waals surface area contributed by atoms with Gasteiger partial charge in [-0.2, -0.15) is 4.31 Å². The predicted molar refractivity (Wildman–Crippen MR) is 91.7 cm³/mol. The topological polar surface area (TPSA) is 83.7 Å². The average Bonchev–Trinajstić information content (AvgIpc) is 2.62. The molecule has 0 spiro atoms. The number of hydrogen-bond acceptors (Lipinski definition) is 4. The Bertz CT molecular complexity index is 722. The van der Waals surface area contributed by atoms with Crippen molar-refractivity contribution in [1.29, 1.82) is 0 Å². The molecule has 0 bridgehead atoms. The fourth-order valence-corrected chi connectivity index (χ4v) is 5.33. The van der Waals surface area contributed by atoms with Crippen molar-refractivity contribution in [2.24, 2.45) is 5.73 Å². The van der Waals surface area contributed by atoms with Crippen molar-refractivity contribution < 1.29 is 17.6 Å². The third-order valence-corrected chi connectivity index (χ3v) is 7.33. The lowest BCUT2D eigenvalue weighted by atomic mass is 9.84. The summed E-state index contributed by atoms with van der Waals surface area (Å²) in [6, 6.07) is 4.81. The molecule has 1 amide bonds. The summed E-state index contributed by atoms with van der Waals surface area (Å²) < 4.78 is 39.9. The standard InChI is InChI=1S/C17H24FN3O3S/c18-14-4-6-15(7-5-14)25(23,24)21-12-8-17(9-13-21,16(19)22)20-10-2-1-3-11-20/h4-7H,1-3,8-13H2,(H2,19,22). The van der Waals surface area contributed by atoms with Gasteiger partial charge in [-0.1, -0.05) is 6.42 Å². The Labute approximate surface area is 147 Å². The number of amides is 1. The number of piperidine rings is 2. The molecule has 2 aliphatic heterocycles. The third-order valence-electron chi connectivity index (χ3n) is 5.42. The maximum absolute atomic E-state index is 13.0. The second kappa shape index (κ2) is 7.01. The molecule has 2 heterocycles. The van der Waals surface area contributed by atoms with Crippen LogP contribution in [0.25, 0.3) is 0 Å². The number of sulfonamides is 1. The maximum Gasteiger partial charge on any atom is 0.243 e. The lowest BCUT2D eigenvalue weighted by Gasteiger charge is -2.47. The molecule has 2 aliphatic rings. The summed E-state index contributed by atoms with van der Waals surface area (Å²) in [6.45, 7) is 2.12. The van der Waals surface area contributed by atoms with Crippen LogP contribution in [0.2, 0.25) is 0 Å². The molecule has 2 saturated heterocycles. The molecule has 0 radical (unpaired) electrons. The van der Waals surface area contributed by atoms with Crippen LogP contribution in [0.5, 0.6) is 0 Å². The van der Waals surface area contributed by atoms with Gasteiger partial charge in [-0.15, -0.1) is 0 Å². The van der Waals surface area contributed by atoms with Crippen molar-refractivity contribution in [3.63, 3.8) is 0 Å². The van der Waals surface area contributed by atoms with Gasteiger partial charge in [0.15, 0.2) is 0 Å². The Hall–Kier alpha value is -1.51. The van der Waals surface area contributed by atoms with E-state index in [0.29, 0.717) is 12.8 Å². The van der Waals surface area contributed by atoms with Crippen molar-refractivity contribution in [3.8, 4) is 0 Å². The zero-order valence-electron chi connectivity index (χ0n) is 14.2. The average molecular weight is 369 g/mol. The molecule has 0 saturated carbocycles. The largest absolute Gasteiger partial charge is 0.368 e. The molecule has 0 aliphatic carbocycles. The highest BCUT2D eigenvalue weighted by molar-refractivity contribution is 7.89. The van der Waals surface area contributed by atoms with E-state index in [1.54, 1.807) is 0 Å². The van der Waals surface area contributed by atoms with E-state index in [0.717, 1.165) is 44.5 Å². The van der Waals surface area contributed by atoms with Gasteiger partial charge in [-0.3, -0.25) is 9.69 Å². The Morgan fingerprint density at radius 1 is 1.00 bits per heavy atom. The molecule has 25 heavy (non-hydrogen) atoms. The first-order chi connectivity index (χ1) is 11.9. The van der Waals surface area contributed by atoms with E-state index in [1.807, 2.05) is 0 Å². The Morgan fingerprint density at radius 2 is 1.56 bits per heavy atom. The summed E-state index contributed by atoms with van der Waals surface area (Å²) in [7, 11) is -3.69. The van der Waals surface area contributed by atoms with Crippen LogP contribution in [-0.2, 0) is 14.8 Å². The first kappa shape index (κ1) is 18.3. The van der Waals surface area contributed by atoms with Crippen LogP contribution in [0, 0.1) is 5.82 Å². The van der Waals surface area contributed by atoms with E-state index < -0.39 is 21.4 Å². The van der Waals surface area contributed by atoms with Gasteiger partial charge in [-0.25, -0.2) is 12.8 Å². The summed E-state index contributed by atoms with van der Waals surface area (Å²) in [6.07, 6.45) is 4.00. The van der Waals surface area contributed by atoms with Crippen LogP contribution in [0.4, 0.5) is 4.39 Å². The minimum Gasteiger partial charge on any atom is -0.368 e. The van der Waals surface area contributed by atoms with Crippen molar-refractivity contribution in [2.45, 2.75) is 42.5 Å². The number of halogens is 1. The number of rotatable bonds is 4. The first-order valence-electron chi connectivity index (χ1n) is 8.67. The van der Waals surface area contributed by atoms with Crippen LogP contribution < -0.4 is 5.73 Å². The summed E-state index contributed by atoms with van der Waals surface area (Å²) in [5.74, 6) is -0.844. The molecule has 0 aromatic heterocycles. The van der Waals surface area contributed by atoms with Gasteiger partial charge in [-0.05, 0) is 63.0 Å². The first-order valence-corrected chi connectivity index (χ1v) is 10.1. The van der Waals surface area contributed by atoms with Gasteiger partial charge in [0.05, 0.1) is 4.90 Å². The smallest absolute Gasteiger partial charge is 0.243 e. The maximum atomic E-state index is 13.0. The molecular weight excluding hydrogens is 345 g/mol. The zero-order chi connectivity index (χ0) is 18.1. The Morgan fingerprint density at radius 3 is 2.08 bits per heavy atom. The molecule has 138 valence electrons. The number of hydrogen-bond donors (Lipinski definition) is 1. The van der Waals surface area contributed by atoms with Gasteiger partial charge in [0.25, 0.3) is 0 Å². The van der Waals surface area contributed by atoms with Crippen LogP contribution in [0.1, 0.15) is 32.1 Å². The fourth-order valence-electron chi connectivity index (χ4n) is 3.89. The van der Waals surface area contributed by atoms with E-state index in [1.165, 1.54) is 16.4 Å². The van der Waals surface area contributed by atoms with Crippen LogP contribution in [-0.4, -0.2) is 55.2 Å². The summed E-state index contributed by atoms with van der Waals surface area (Å²) in [5.41, 5.74) is 4.97. The van der Waals surface area contributed by atoms with Gasteiger partial charge in [0, 0.05) is 13.1 Å². The van der Waals surface area contributed by atoms with E-state index in [4.69, 9.17) is 5.73 Å². The number of primary amides is 1. The minimum absolute atomic E-state index is 0.0680. The van der Waals surface area contributed by atoms with Crippen LogP contribution in [0.15, 0.2) is 29.2 Å². The molecule has 6 nitrogen and oxygen atoms in total. The Kier molecular flexibility index (Phi) is 5.13. The highest BCUT2D eigenvalue weighted by atomic mass is 32.2. The minimum atomic E-state index is -3.69. The fraction of sp³-hybridized carbons (Fsp3) is 0.588. The van der Waals surface area contributed by atoms with E-state index in [2.05, 4.69) is 4.90 Å². The summed E-state index contributed by atoms with van der Waals surface area (Å²) in [4.78, 5) is 14.4. The van der Waals surface area contributed by atoms with E-state index in [-0.39, 0.29) is 23.9 Å². The van der Waals surface area contributed by atoms with Crippen molar-refractivity contribution >= 4 is 15.9 Å². The number of nitrogens with zero attached hydrogens (tertiary/aromatic N) is 2. The summed E-state index contributed by atoms with van der Waals surface area (Å²) >= 11 is 0. The molecule has 2 N–H and O–H groups in total. The van der Waals surface area contributed by atoms with Gasteiger partial charge >= 0.3 is 0 Å².